The van der Waals surface area contributed by atoms with Crippen molar-refractivity contribution < 1.29 is 9.50 Å². The first-order valence-electron chi connectivity index (χ1n) is 4.39. The smallest absolute Gasteiger partial charge is 0.155 e. The Morgan fingerprint density at radius 3 is 2.50 bits per heavy atom. The molecule has 5 heteroatoms. The molecule has 2 nitrogen and oxygen atoms in total. The largest absolute Gasteiger partial charge is 0.505 e. The van der Waals surface area contributed by atoms with Gasteiger partial charge in [-0.05, 0) is 52.9 Å². The van der Waals surface area contributed by atoms with Crippen LogP contribution in [0.2, 0.25) is 5.15 Å². The minimum atomic E-state index is -0.333. The van der Waals surface area contributed by atoms with Crippen LogP contribution in [-0.2, 0) is 0 Å². The Balaban J connectivity index is 2.59. The van der Waals surface area contributed by atoms with Gasteiger partial charge in [0.1, 0.15) is 16.7 Å². The van der Waals surface area contributed by atoms with Crippen molar-refractivity contribution in [2.45, 2.75) is 0 Å². The van der Waals surface area contributed by atoms with Crippen molar-refractivity contribution in [1.29, 1.82) is 0 Å². The second-order valence-corrected chi connectivity index (χ2v) is 4.68. The van der Waals surface area contributed by atoms with Gasteiger partial charge in [-0.2, -0.15) is 0 Å². The number of benzene rings is 1. The lowest BCUT2D eigenvalue weighted by molar-refractivity contribution is 0.471. The molecule has 0 saturated carbocycles. The number of pyridine rings is 1. The molecule has 0 unspecified atom stereocenters. The summed E-state index contributed by atoms with van der Waals surface area (Å²) in [6.45, 7) is 0. The maximum Gasteiger partial charge on any atom is 0.155 e. The highest BCUT2D eigenvalue weighted by atomic mass is 127. The van der Waals surface area contributed by atoms with E-state index < -0.39 is 0 Å². The minimum Gasteiger partial charge on any atom is -0.505 e. The third-order valence-electron chi connectivity index (χ3n) is 2.03. The summed E-state index contributed by atoms with van der Waals surface area (Å²) in [6.07, 6.45) is 0. The zero-order valence-electron chi connectivity index (χ0n) is 7.92. The maximum atomic E-state index is 12.8. The van der Waals surface area contributed by atoms with Crippen LogP contribution in [0.1, 0.15) is 0 Å². The summed E-state index contributed by atoms with van der Waals surface area (Å²) in [5.41, 5.74) is 0.983. The van der Waals surface area contributed by atoms with Crippen LogP contribution < -0.4 is 0 Å². The SMILES string of the molecule is Oc1c(I)cc(Cl)nc1-c1ccc(F)cc1. The summed E-state index contributed by atoms with van der Waals surface area (Å²) in [6, 6.07) is 7.27. The second-order valence-electron chi connectivity index (χ2n) is 3.13. The summed E-state index contributed by atoms with van der Waals surface area (Å²) in [5.74, 6) is -0.281. The predicted molar refractivity (Wildman–Crippen MR) is 69.0 cm³/mol. The average Bonchev–Trinajstić information content (AvgIpc) is 2.25. The molecule has 0 radical (unpaired) electrons. The van der Waals surface area contributed by atoms with Gasteiger partial charge in [-0.3, -0.25) is 0 Å². The molecule has 1 aromatic carbocycles. The standard InChI is InChI=1S/C11H6ClFINO/c12-9-5-8(14)11(16)10(15-9)6-1-3-7(13)4-2-6/h1-5,16H. The molecule has 0 aliphatic carbocycles. The molecule has 0 spiro atoms. The van der Waals surface area contributed by atoms with E-state index in [9.17, 15) is 9.50 Å². The third-order valence-corrected chi connectivity index (χ3v) is 3.05. The van der Waals surface area contributed by atoms with Gasteiger partial charge in [-0.15, -0.1) is 0 Å². The number of aromatic hydroxyl groups is 1. The molecule has 0 aliphatic heterocycles. The highest BCUT2D eigenvalue weighted by Crippen LogP contribution is 2.33. The summed E-state index contributed by atoms with van der Waals surface area (Å²) < 4.78 is 13.4. The van der Waals surface area contributed by atoms with E-state index in [0.29, 0.717) is 20.0 Å². The Morgan fingerprint density at radius 1 is 1.25 bits per heavy atom. The van der Waals surface area contributed by atoms with Crippen LogP contribution in [0.15, 0.2) is 30.3 Å². The number of rotatable bonds is 1. The average molecular weight is 350 g/mol. The first kappa shape index (κ1) is 11.6. The Labute approximate surface area is 110 Å². The molecule has 0 saturated heterocycles. The first-order valence-corrected chi connectivity index (χ1v) is 5.84. The van der Waals surface area contributed by atoms with Gasteiger partial charge in [0.25, 0.3) is 0 Å². The molecular weight excluding hydrogens is 343 g/mol. The van der Waals surface area contributed by atoms with Crippen LogP contribution in [0.5, 0.6) is 5.75 Å². The number of hydrogen-bond acceptors (Lipinski definition) is 2. The lowest BCUT2D eigenvalue weighted by atomic mass is 10.1. The van der Waals surface area contributed by atoms with Gasteiger partial charge < -0.3 is 5.11 Å². The van der Waals surface area contributed by atoms with Crippen molar-refractivity contribution in [1.82, 2.24) is 4.98 Å². The zero-order valence-corrected chi connectivity index (χ0v) is 10.8. The van der Waals surface area contributed by atoms with E-state index in [1.54, 1.807) is 18.2 Å². The highest BCUT2D eigenvalue weighted by Gasteiger charge is 2.11. The van der Waals surface area contributed by atoms with Crippen molar-refractivity contribution in [2.24, 2.45) is 0 Å². The lowest BCUT2D eigenvalue weighted by Crippen LogP contribution is -1.88. The van der Waals surface area contributed by atoms with Crippen LogP contribution in [0.25, 0.3) is 11.3 Å². The maximum absolute atomic E-state index is 12.8. The molecule has 0 fully saturated rings. The van der Waals surface area contributed by atoms with E-state index in [2.05, 4.69) is 4.98 Å². The summed E-state index contributed by atoms with van der Waals surface area (Å²) in [7, 11) is 0. The number of aromatic nitrogens is 1. The van der Waals surface area contributed by atoms with Gasteiger partial charge in [0.2, 0.25) is 0 Å². The summed E-state index contributed by atoms with van der Waals surface area (Å²) in [4.78, 5) is 4.02. The van der Waals surface area contributed by atoms with Crippen LogP contribution in [0, 0.1) is 9.39 Å². The van der Waals surface area contributed by atoms with Crippen LogP contribution >= 0.6 is 34.2 Å². The van der Waals surface area contributed by atoms with E-state index in [-0.39, 0.29) is 11.6 Å². The fourth-order valence-electron chi connectivity index (χ4n) is 1.29. The Bertz CT molecular complexity index is 530. The normalized spacial score (nSPS) is 10.4. The van der Waals surface area contributed by atoms with Gasteiger partial charge in [-0.25, -0.2) is 9.37 Å². The van der Waals surface area contributed by atoms with Crippen molar-refractivity contribution in [2.75, 3.05) is 0 Å². The van der Waals surface area contributed by atoms with E-state index in [1.165, 1.54) is 12.1 Å². The molecule has 0 atom stereocenters. The summed E-state index contributed by atoms with van der Waals surface area (Å²) in [5, 5.41) is 10.1. The van der Waals surface area contributed by atoms with Gasteiger partial charge in [0.05, 0.1) is 3.57 Å². The Morgan fingerprint density at radius 2 is 1.88 bits per heavy atom. The van der Waals surface area contributed by atoms with Gasteiger partial charge in [-0.1, -0.05) is 11.6 Å². The van der Waals surface area contributed by atoms with Gasteiger partial charge >= 0.3 is 0 Å². The molecule has 82 valence electrons. The van der Waals surface area contributed by atoms with Gasteiger partial charge in [0, 0.05) is 5.56 Å². The second kappa shape index (κ2) is 4.55. The number of halogens is 3. The third kappa shape index (κ3) is 2.27. The Hall–Kier alpha value is -0.880. The molecule has 1 aromatic heterocycles. The lowest BCUT2D eigenvalue weighted by Gasteiger charge is -2.06. The fraction of sp³-hybridized carbons (Fsp3) is 0. The predicted octanol–water partition coefficient (Wildman–Crippen LogP) is 3.85. The van der Waals surface area contributed by atoms with Crippen LogP contribution in [0.3, 0.4) is 0 Å². The molecule has 1 heterocycles. The van der Waals surface area contributed by atoms with Crippen molar-refractivity contribution in [3.05, 3.63) is 44.9 Å². The molecule has 2 rings (SSSR count). The zero-order chi connectivity index (χ0) is 11.7. The number of hydrogen-bond donors (Lipinski definition) is 1. The molecule has 0 bridgehead atoms. The van der Waals surface area contributed by atoms with Crippen LogP contribution in [-0.4, -0.2) is 10.1 Å². The molecular formula is C11H6ClFINO. The quantitative estimate of drug-likeness (QED) is 0.627. The fourth-order valence-corrected chi connectivity index (χ4v) is 2.22. The van der Waals surface area contributed by atoms with Crippen molar-refractivity contribution in [3.63, 3.8) is 0 Å². The van der Waals surface area contributed by atoms with Crippen LogP contribution in [0.4, 0.5) is 4.39 Å². The molecule has 0 aliphatic rings. The molecule has 2 aromatic rings. The minimum absolute atomic E-state index is 0.0524. The molecule has 0 amide bonds. The van der Waals surface area contributed by atoms with E-state index in [1.807, 2.05) is 22.6 Å². The topological polar surface area (TPSA) is 33.1 Å². The monoisotopic (exact) mass is 349 g/mol. The molecule has 1 N–H and O–H groups in total. The van der Waals surface area contributed by atoms with Gasteiger partial charge in [0.15, 0.2) is 5.75 Å². The van der Waals surface area contributed by atoms with E-state index in [0.717, 1.165) is 0 Å². The van der Waals surface area contributed by atoms with Crippen molar-refractivity contribution >= 4 is 34.2 Å². The first-order chi connectivity index (χ1) is 7.58. The number of nitrogens with zero attached hydrogens (tertiary/aromatic N) is 1. The van der Waals surface area contributed by atoms with E-state index in [4.69, 9.17) is 11.6 Å². The van der Waals surface area contributed by atoms with Crippen molar-refractivity contribution in [3.8, 4) is 17.0 Å². The Kier molecular flexibility index (Phi) is 3.30. The van der Waals surface area contributed by atoms with E-state index >= 15 is 0 Å². The molecule has 16 heavy (non-hydrogen) atoms. The highest BCUT2D eigenvalue weighted by molar-refractivity contribution is 14.1. The summed E-state index contributed by atoms with van der Waals surface area (Å²) >= 11 is 7.76.